The number of hydrogen-bond donors (Lipinski definition) is 1. The first-order chi connectivity index (χ1) is 7.60. The molecule has 16 heavy (non-hydrogen) atoms. The summed E-state index contributed by atoms with van der Waals surface area (Å²) < 4.78 is 5.12. The van der Waals surface area contributed by atoms with Crippen LogP contribution >= 0.6 is 0 Å². The van der Waals surface area contributed by atoms with E-state index in [1.165, 1.54) is 0 Å². The highest BCUT2D eigenvalue weighted by Gasteiger charge is 2.66. The molecule has 3 heteroatoms. The van der Waals surface area contributed by atoms with E-state index in [-0.39, 0.29) is 11.9 Å². The third kappa shape index (κ3) is 1.23. The fourth-order valence-corrected chi connectivity index (χ4v) is 3.47. The van der Waals surface area contributed by atoms with Crippen molar-refractivity contribution in [1.29, 1.82) is 0 Å². The summed E-state index contributed by atoms with van der Waals surface area (Å²) >= 11 is 0. The minimum atomic E-state index is -1.02. The van der Waals surface area contributed by atoms with Crippen molar-refractivity contribution < 1.29 is 14.6 Å². The molecule has 0 unspecified atom stereocenters. The Bertz CT molecular complexity index is 344. The van der Waals surface area contributed by atoms with Gasteiger partial charge in [-0.15, -0.1) is 12.3 Å². The number of esters is 1. The van der Waals surface area contributed by atoms with E-state index >= 15 is 0 Å². The van der Waals surface area contributed by atoms with Crippen LogP contribution in [0.3, 0.4) is 0 Å². The smallest absolute Gasteiger partial charge is 0.315 e. The molecule has 2 aliphatic rings. The normalized spacial score (nSPS) is 41.4. The van der Waals surface area contributed by atoms with Crippen molar-refractivity contribution in [1.82, 2.24) is 0 Å². The van der Waals surface area contributed by atoms with Gasteiger partial charge in [0.05, 0.1) is 17.6 Å². The number of hydrogen-bond acceptors (Lipinski definition) is 3. The molecule has 2 fully saturated rings. The van der Waals surface area contributed by atoms with E-state index < -0.39 is 11.0 Å². The Balaban J connectivity index is 2.33. The Hall–Kier alpha value is -1.01. The van der Waals surface area contributed by atoms with Crippen molar-refractivity contribution in [3.8, 4) is 12.3 Å². The largest absolute Gasteiger partial charge is 0.465 e. The maximum Gasteiger partial charge on any atom is 0.315 e. The predicted octanol–water partition coefficient (Wildman–Crippen LogP) is 1.49. The molecule has 2 aliphatic carbocycles. The minimum absolute atomic E-state index is 0.195. The summed E-state index contributed by atoms with van der Waals surface area (Å²) in [7, 11) is 0. The topological polar surface area (TPSA) is 46.5 Å². The lowest BCUT2D eigenvalue weighted by atomic mass is 9.74. The van der Waals surface area contributed by atoms with Crippen LogP contribution in [0.1, 0.15) is 39.0 Å². The molecule has 0 amide bonds. The molecular formula is C13H18O3. The summed E-state index contributed by atoms with van der Waals surface area (Å²) in [5, 5.41) is 10.7. The predicted molar refractivity (Wildman–Crippen MR) is 59.4 cm³/mol. The molecule has 0 spiro atoms. The van der Waals surface area contributed by atoms with Gasteiger partial charge in [-0.3, -0.25) is 4.79 Å². The lowest BCUT2D eigenvalue weighted by Gasteiger charge is -2.35. The fraction of sp³-hybridized carbons (Fsp3) is 0.769. The highest BCUT2D eigenvalue weighted by atomic mass is 16.5. The Morgan fingerprint density at radius 1 is 1.56 bits per heavy atom. The fourth-order valence-electron chi connectivity index (χ4n) is 3.47. The van der Waals surface area contributed by atoms with E-state index in [1.54, 1.807) is 6.92 Å². The van der Waals surface area contributed by atoms with Crippen LogP contribution in [0.15, 0.2) is 0 Å². The van der Waals surface area contributed by atoms with Gasteiger partial charge in [-0.1, -0.05) is 0 Å². The van der Waals surface area contributed by atoms with Gasteiger partial charge in [0.1, 0.15) is 0 Å². The maximum absolute atomic E-state index is 12.1. The van der Waals surface area contributed by atoms with Crippen LogP contribution in [0.5, 0.6) is 0 Å². The third-order valence-corrected chi connectivity index (χ3v) is 4.29. The van der Waals surface area contributed by atoms with Crippen LogP contribution in [0.2, 0.25) is 0 Å². The first-order valence-electron chi connectivity index (χ1n) is 5.96. The number of fused-ring (bicyclic) bond motifs is 1. The van der Waals surface area contributed by atoms with E-state index in [0.717, 1.165) is 12.8 Å². The van der Waals surface area contributed by atoms with Crippen LogP contribution in [-0.2, 0) is 9.53 Å². The number of terminal acetylenes is 1. The van der Waals surface area contributed by atoms with Crippen LogP contribution in [0.4, 0.5) is 0 Å². The number of ether oxygens (including phenoxy) is 1. The SMILES string of the molecule is C#C[C@@H]1CC[C@]2(C(=O)OCC)CCC[C@]12O. The molecule has 0 aromatic carbocycles. The van der Waals surface area contributed by atoms with Gasteiger partial charge in [0.25, 0.3) is 0 Å². The van der Waals surface area contributed by atoms with Gasteiger partial charge in [-0.2, -0.15) is 0 Å². The first kappa shape index (κ1) is 11.5. The van der Waals surface area contributed by atoms with Gasteiger partial charge in [0.2, 0.25) is 0 Å². The van der Waals surface area contributed by atoms with Gasteiger partial charge in [0, 0.05) is 5.92 Å². The molecule has 0 aliphatic heterocycles. The molecule has 1 N–H and O–H groups in total. The summed E-state index contributed by atoms with van der Waals surface area (Å²) in [4.78, 5) is 12.1. The van der Waals surface area contributed by atoms with Crippen LogP contribution in [0, 0.1) is 23.7 Å². The van der Waals surface area contributed by atoms with Crippen LogP contribution in [-0.4, -0.2) is 23.3 Å². The number of carbonyl (C=O) groups is 1. The summed E-state index contributed by atoms with van der Waals surface area (Å²) in [6.45, 7) is 2.15. The molecule has 0 saturated heterocycles. The zero-order valence-electron chi connectivity index (χ0n) is 9.66. The van der Waals surface area contributed by atoms with Gasteiger partial charge in [-0.05, 0) is 39.0 Å². The van der Waals surface area contributed by atoms with Crippen molar-refractivity contribution in [2.75, 3.05) is 6.61 Å². The summed E-state index contributed by atoms with van der Waals surface area (Å²) in [5.41, 5.74) is -1.74. The highest BCUT2D eigenvalue weighted by molar-refractivity contribution is 5.80. The minimum Gasteiger partial charge on any atom is -0.465 e. The third-order valence-electron chi connectivity index (χ3n) is 4.29. The Labute approximate surface area is 96.2 Å². The Kier molecular flexibility index (Phi) is 2.71. The molecule has 88 valence electrons. The standard InChI is InChI=1S/C13H18O3/c1-3-10-6-9-12(11(14)16-4-2)7-5-8-13(10,12)15/h1,10,15H,4-9H2,2H3/t10-,12+,13+/m1/s1. The van der Waals surface area contributed by atoms with E-state index in [0.29, 0.717) is 25.9 Å². The monoisotopic (exact) mass is 222 g/mol. The number of aliphatic hydroxyl groups is 1. The second-order valence-electron chi connectivity index (χ2n) is 4.84. The lowest BCUT2D eigenvalue weighted by Crippen LogP contribution is -2.49. The zero-order chi connectivity index (χ0) is 11.8. The van der Waals surface area contributed by atoms with E-state index in [2.05, 4.69) is 5.92 Å². The van der Waals surface area contributed by atoms with Crippen molar-refractivity contribution in [3.63, 3.8) is 0 Å². The quantitative estimate of drug-likeness (QED) is 0.569. The highest BCUT2D eigenvalue weighted by Crippen LogP contribution is 2.60. The average molecular weight is 222 g/mol. The molecule has 0 aromatic rings. The van der Waals surface area contributed by atoms with Crippen LogP contribution in [0.25, 0.3) is 0 Å². The van der Waals surface area contributed by atoms with Gasteiger partial charge >= 0.3 is 5.97 Å². The van der Waals surface area contributed by atoms with E-state index in [4.69, 9.17) is 11.2 Å². The van der Waals surface area contributed by atoms with E-state index in [9.17, 15) is 9.90 Å². The maximum atomic E-state index is 12.1. The number of rotatable bonds is 2. The summed E-state index contributed by atoms with van der Waals surface area (Å²) in [6, 6.07) is 0. The van der Waals surface area contributed by atoms with E-state index in [1.807, 2.05) is 0 Å². The second-order valence-corrected chi connectivity index (χ2v) is 4.84. The van der Waals surface area contributed by atoms with Gasteiger partial charge in [-0.25, -0.2) is 0 Å². The molecule has 2 saturated carbocycles. The lowest BCUT2D eigenvalue weighted by molar-refractivity contribution is -0.168. The van der Waals surface area contributed by atoms with Crippen molar-refractivity contribution in [2.45, 2.75) is 44.6 Å². The molecule has 3 atom stereocenters. The van der Waals surface area contributed by atoms with Crippen molar-refractivity contribution in [3.05, 3.63) is 0 Å². The molecule has 3 nitrogen and oxygen atoms in total. The van der Waals surface area contributed by atoms with Crippen LogP contribution < -0.4 is 0 Å². The molecule has 2 rings (SSSR count). The Morgan fingerprint density at radius 3 is 2.94 bits per heavy atom. The molecule has 0 heterocycles. The first-order valence-corrected chi connectivity index (χ1v) is 5.96. The second kappa shape index (κ2) is 3.78. The van der Waals surface area contributed by atoms with Crippen molar-refractivity contribution in [2.24, 2.45) is 11.3 Å². The average Bonchev–Trinajstić information content (AvgIpc) is 2.70. The molecule has 0 aromatic heterocycles. The summed E-state index contributed by atoms with van der Waals surface area (Å²) in [6.07, 6.45) is 9.03. The summed E-state index contributed by atoms with van der Waals surface area (Å²) in [5.74, 6) is 2.19. The molecule has 0 bridgehead atoms. The van der Waals surface area contributed by atoms with Gasteiger partial charge in [0.15, 0.2) is 0 Å². The zero-order valence-corrected chi connectivity index (χ0v) is 9.66. The van der Waals surface area contributed by atoms with Crippen molar-refractivity contribution >= 4 is 5.97 Å². The number of carbonyl (C=O) groups excluding carboxylic acids is 1. The molecular weight excluding hydrogens is 204 g/mol. The van der Waals surface area contributed by atoms with Gasteiger partial charge < -0.3 is 9.84 Å². The Morgan fingerprint density at radius 2 is 2.31 bits per heavy atom. The molecule has 0 radical (unpaired) electrons.